The summed E-state index contributed by atoms with van der Waals surface area (Å²) in [6.45, 7) is 4.82. The fourth-order valence-corrected chi connectivity index (χ4v) is 5.85. The smallest absolute Gasteiger partial charge is 0.252 e. The third-order valence-corrected chi connectivity index (χ3v) is 7.71. The Morgan fingerprint density at radius 3 is 2.69 bits per heavy atom. The van der Waals surface area contributed by atoms with E-state index in [0.29, 0.717) is 30.1 Å². The van der Waals surface area contributed by atoms with Crippen LogP contribution < -0.4 is 4.90 Å². The molecule has 1 amide bonds. The quantitative estimate of drug-likeness (QED) is 0.711. The summed E-state index contributed by atoms with van der Waals surface area (Å²) in [4.78, 5) is 14.8. The van der Waals surface area contributed by atoms with Gasteiger partial charge in [0.25, 0.3) is 10.0 Å². The zero-order valence-electron chi connectivity index (χ0n) is 14.5. The zero-order chi connectivity index (χ0) is 18.6. The van der Waals surface area contributed by atoms with Gasteiger partial charge in [-0.05, 0) is 36.4 Å². The van der Waals surface area contributed by atoms with Gasteiger partial charge >= 0.3 is 0 Å². The van der Waals surface area contributed by atoms with Crippen molar-refractivity contribution in [2.24, 2.45) is 5.92 Å². The monoisotopic (exact) mass is 390 g/mol. The Morgan fingerprint density at radius 2 is 2.04 bits per heavy atom. The maximum Gasteiger partial charge on any atom is 0.252 e. The number of carbonyl (C=O) groups is 1. The molecule has 3 rings (SSSR count). The van der Waals surface area contributed by atoms with Gasteiger partial charge in [0.15, 0.2) is 0 Å². The van der Waals surface area contributed by atoms with Crippen molar-refractivity contribution in [1.82, 2.24) is 4.31 Å². The molecule has 0 aliphatic carbocycles. The maximum absolute atomic E-state index is 13.1. The lowest BCUT2D eigenvalue weighted by Crippen LogP contribution is -2.46. The molecule has 1 atom stereocenters. The van der Waals surface area contributed by atoms with Crippen LogP contribution in [0.15, 0.2) is 64.7 Å². The molecule has 1 unspecified atom stereocenters. The molecular weight excluding hydrogens is 368 g/mol. The number of amides is 1. The van der Waals surface area contributed by atoms with E-state index in [9.17, 15) is 13.2 Å². The second kappa shape index (κ2) is 8.16. The van der Waals surface area contributed by atoms with Gasteiger partial charge in [-0.1, -0.05) is 30.3 Å². The maximum atomic E-state index is 13.1. The average Bonchev–Trinajstić information content (AvgIpc) is 3.22. The fraction of sp³-hybridized carbons (Fsp3) is 0.316. The summed E-state index contributed by atoms with van der Waals surface area (Å²) >= 11 is 1.21. The van der Waals surface area contributed by atoms with Crippen molar-refractivity contribution in [3.05, 3.63) is 60.5 Å². The summed E-state index contributed by atoms with van der Waals surface area (Å²) in [5.41, 5.74) is 0.802. The molecule has 5 nitrogen and oxygen atoms in total. The number of nitrogens with zero attached hydrogens (tertiary/aromatic N) is 2. The normalized spacial score (nSPS) is 18.4. The van der Waals surface area contributed by atoms with E-state index in [4.69, 9.17) is 0 Å². The third kappa shape index (κ3) is 3.90. The van der Waals surface area contributed by atoms with E-state index in [1.54, 1.807) is 28.5 Å². The molecule has 1 aliphatic rings. The van der Waals surface area contributed by atoms with Crippen LogP contribution >= 0.6 is 11.3 Å². The molecule has 0 bridgehead atoms. The standard InChI is InChI=1S/C19H22N2O3S2/c1-2-12-21(17-9-4-3-5-10-17)19(22)16-8-6-13-20(15-16)26(23,24)18-11-7-14-25-18/h2-5,7,9-11,14,16H,1,6,8,12-13,15H2. The van der Waals surface area contributed by atoms with Crippen molar-refractivity contribution < 1.29 is 13.2 Å². The molecule has 1 saturated heterocycles. The van der Waals surface area contributed by atoms with Gasteiger partial charge in [0.05, 0.1) is 5.92 Å². The van der Waals surface area contributed by atoms with Crippen molar-refractivity contribution in [2.45, 2.75) is 17.1 Å². The number of thiophene rings is 1. The van der Waals surface area contributed by atoms with Crippen LogP contribution in [0.1, 0.15) is 12.8 Å². The molecule has 2 heterocycles. The van der Waals surface area contributed by atoms with E-state index < -0.39 is 10.0 Å². The highest BCUT2D eigenvalue weighted by molar-refractivity contribution is 7.91. The molecule has 0 N–H and O–H groups in total. The minimum absolute atomic E-state index is 0.0535. The fourth-order valence-electron chi connectivity index (χ4n) is 3.18. The van der Waals surface area contributed by atoms with Crippen molar-refractivity contribution in [3.63, 3.8) is 0 Å². The van der Waals surface area contributed by atoms with E-state index >= 15 is 0 Å². The lowest BCUT2D eigenvalue weighted by atomic mass is 9.97. The topological polar surface area (TPSA) is 57.7 Å². The summed E-state index contributed by atoms with van der Waals surface area (Å²) in [6.07, 6.45) is 3.06. The Bertz CT molecular complexity index is 848. The SMILES string of the molecule is C=CCN(C(=O)C1CCCN(S(=O)(=O)c2cccs2)C1)c1ccccc1. The zero-order valence-corrected chi connectivity index (χ0v) is 16.1. The van der Waals surface area contributed by atoms with E-state index in [0.717, 1.165) is 5.69 Å². The van der Waals surface area contributed by atoms with Gasteiger partial charge < -0.3 is 4.90 Å². The molecule has 0 radical (unpaired) electrons. The van der Waals surface area contributed by atoms with Gasteiger partial charge in [-0.15, -0.1) is 17.9 Å². The van der Waals surface area contributed by atoms with Crippen molar-refractivity contribution >= 4 is 33.0 Å². The van der Waals surface area contributed by atoms with Crippen molar-refractivity contribution in [3.8, 4) is 0 Å². The second-order valence-corrected chi connectivity index (χ2v) is 9.32. The Hall–Kier alpha value is -1.96. The minimum atomic E-state index is -3.53. The highest BCUT2D eigenvalue weighted by Gasteiger charge is 2.35. The lowest BCUT2D eigenvalue weighted by molar-refractivity contribution is -0.123. The summed E-state index contributed by atoms with van der Waals surface area (Å²) in [5, 5.41) is 1.75. The second-order valence-electron chi connectivity index (χ2n) is 6.21. The number of hydrogen-bond acceptors (Lipinski definition) is 4. The highest BCUT2D eigenvalue weighted by atomic mass is 32.2. The van der Waals surface area contributed by atoms with E-state index in [1.165, 1.54) is 15.6 Å². The van der Waals surface area contributed by atoms with Crippen LogP contribution in [0.2, 0.25) is 0 Å². The van der Waals surface area contributed by atoms with Gasteiger partial charge in [0.2, 0.25) is 5.91 Å². The van der Waals surface area contributed by atoms with Gasteiger partial charge in [-0.2, -0.15) is 4.31 Å². The highest BCUT2D eigenvalue weighted by Crippen LogP contribution is 2.28. The Morgan fingerprint density at radius 1 is 1.27 bits per heavy atom. The predicted octanol–water partition coefficient (Wildman–Crippen LogP) is 3.37. The van der Waals surface area contributed by atoms with Crippen molar-refractivity contribution in [1.29, 1.82) is 0 Å². The van der Waals surface area contributed by atoms with Crippen LogP contribution in [0.25, 0.3) is 0 Å². The predicted molar refractivity (Wildman–Crippen MR) is 105 cm³/mol. The summed E-state index contributed by atoms with van der Waals surface area (Å²) in [7, 11) is -3.53. The van der Waals surface area contributed by atoms with Crippen LogP contribution in [0.5, 0.6) is 0 Å². The number of carbonyl (C=O) groups excluding carboxylic acids is 1. The first-order chi connectivity index (χ1) is 12.5. The van der Waals surface area contributed by atoms with Crippen LogP contribution in [0, 0.1) is 5.92 Å². The van der Waals surface area contributed by atoms with Crippen LogP contribution in [-0.2, 0) is 14.8 Å². The number of para-hydroxylation sites is 1. The Balaban J connectivity index is 1.80. The molecule has 138 valence electrons. The van der Waals surface area contributed by atoms with Crippen molar-refractivity contribution in [2.75, 3.05) is 24.5 Å². The molecule has 1 aromatic heterocycles. The molecule has 2 aromatic rings. The molecule has 1 aliphatic heterocycles. The molecule has 1 fully saturated rings. The minimum Gasteiger partial charge on any atom is -0.308 e. The number of hydrogen-bond donors (Lipinski definition) is 0. The summed E-state index contributed by atoms with van der Waals surface area (Å²) in [6, 6.07) is 12.8. The van der Waals surface area contributed by atoms with Crippen LogP contribution in [-0.4, -0.2) is 38.3 Å². The molecular formula is C19H22N2O3S2. The first kappa shape index (κ1) is 18.8. The number of rotatable bonds is 6. The van der Waals surface area contributed by atoms with Gasteiger partial charge in [0.1, 0.15) is 4.21 Å². The van der Waals surface area contributed by atoms with Crippen LogP contribution in [0.3, 0.4) is 0 Å². The van der Waals surface area contributed by atoms with E-state index in [1.807, 2.05) is 30.3 Å². The molecule has 26 heavy (non-hydrogen) atoms. The number of piperidine rings is 1. The number of sulfonamides is 1. The Kier molecular flexibility index (Phi) is 5.90. The van der Waals surface area contributed by atoms with Gasteiger partial charge in [0, 0.05) is 25.3 Å². The number of benzene rings is 1. The third-order valence-electron chi connectivity index (χ3n) is 4.47. The largest absolute Gasteiger partial charge is 0.308 e. The van der Waals surface area contributed by atoms with E-state index in [-0.39, 0.29) is 18.4 Å². The first-order valence-electron chi connectivity index (χ1n) is 8.55. The van der Waals surface area contributed by atoms with Gasteiger partial charge in [-0.25, -0.2) is 8.42 Å². The van der Waals surface area contributed by atoms with E-state index in [2.05, 4.69) is 6.58 Å². The Labute approximate surface area is 158 Å². The molecule has 0 saturated carbocycles. The van der Waals surface area contributed by atoms with Gasteiger partial charge in [-0.3, -0.25) is 4.79 Å². The lowest BCUT2D eigenvalue weighted by Gasteiger charge is -2.34. The summed E-state index contributed by atoms with van der Waals surface area (Å²) in [5.74, 6) is -0.402. The average molecular weight is 391 g/mol. The van der Waals surface area contributed by atoms with Crippen LogP contribution in [0.4, 0.5) is 5.69 Å². The first-order valence-corrected chi connectivity index (χ1v) is 10.9. The number of anilines is 1. The summed E-state index contributed by atoms with van der Waals surface area (Å²) < 4.78 is 27.3. The molecule has 7 heteroatoms. The molecule has 1 aromatic carbocycles. The molecule has 0 spiro atoms.